The van der Waals surface area contributed by atoms with Gasteiger partial charge in [0.2, 0.25) is 0 Å². The minimum atomic E-state index is -0.0425. The van der Waals surface area contributed by atoms with Crippen LogP contribution in [0.1, 0.15) is 0 Å². The van der Waals surface area contributed by atoms with Gasteiger partial charge in [-0.2, -0.15) is 0 Å². The van der Waals surface area contributed by atoms with Gasteiger partial charge in [-0.1, -0.05) is 6.07 Å². The Bertz CT molecular complexity index is 237. The fraction of sp³-hybridized carbons (Fsp3) is 0. The molecule has 0 aliphatic rings. The van der Waals surface area contributed by atoms with Crippen LogP contribution in [0, 0.1) is 0 Å². The van der Waals surface area contributed by atoms with Gasteiger partial charge in [0.05, 0.1) is 11.4 Å². The van der Waals surface area contributed by atoms with E-state index < -0.39 is 0 Å². The lowest BCUT2D eigenvalue weighted by Crippen LogP contribution is -1.95. The molecule has 0 saturated heterocycles. The van der Waals surface area contributed by atoms with Crippen molar-refractivity contribution in [3.05, 3.63) is 18.2 Å². The number of rotatable bonds is 1. The number of para-hydroxylation sites is 1. The lowest BCUT2D eigenvalue weighted by Gasteiger charge is -2.03. The zero-order valence-electron chi connectivity index (χ0n) is 5.20. The maximum absolute atomic E-state index is 8.96. The van der Waals surface area contributed by atoms with E-state index in [2.05, 4.69) is 0 Å². The summed E-state index contributed by atoms with van der Waals surface area (Å²) in [5.41, 5.74) is 7.62. The summed E-state index contributed by atoms with van der Waals surface area (Å²) in [7, 11) is 0. The number of nitrogen functional groups attached to an aromatic ring is 1. The maximum Gasteiger partial charge on any atom is 0.140 e. The quantitative estimate of drug-likeness (QED) is 0.264. The number of nitrogens with one attached hydrogen (secondary N) is 1. The van der Waals surface area contributed by atoms with Gasteiger partial charge in [-0.05, 0) is 12.1 Å². The van der Waals surface area contributed by atoms with Gasteiger partial charge in [-0.25, -0.2) is 0 Å². The van der Waals surface area contributed by atoms with Crippen LogP contribution in [0.4, 0.5) is 11.4 Å². The van der Waals surface area contributed by atoms with Gasteiger partial charge in [0.1, 0.15) is 5.75 Å². The van der Waals surface area contributed by atoms with Crippen molar-refractivity contribution in [2.24, 2.45) is 0 Å². The summed E-state index contributed by atoms with van der Waals surface area (Å²) >= 11 is 0. The fourth-order valence-electron chi connectivity index (χ4n) is 0.651. The predicted octanol–water partition coefficient (Wildman–Crippen LogP) is 0.775. The van der Waals surface area contributed by atoms with Gasteiger partial charge < -0.3 is 10.8 Å². The summed E-state index contributed by atoms with van der Waals surface area (Å²) in [5.74, 6) is -0.0425. The van der Waals surface area contributed by atoms with Crippen LogP contribution < -0.4 is 11.2 Å². The number of phenols is 1. The van der Waals surface area contributed by atoms with E-state index in [-0.39, 0.29) is 11.4 Å². The van der Waals surface area contributed by atoms with E-state index in [1.54, 1.807) is 12.1 Å². The Hall–Kier alpha value is -1.42. The zero-order chi connectivity index (χ0) is 7.56. The molecule has 5 N–H and O–H groups in total. The third-order valence-electron chi connectivity index (χ3n) is 1.20. The van der Waals surface area contributed by atoms with Crippen molar-refractivity contribution in [2.45, 2.75) is 0 Å². The summed E-state index contributed by atoms with van der Waals surface area (Å²) in [6.45, 7) is 0. The average molecular weight is 140 g/mol. The van der Waals surface area contributed by atoms with Crippen molar-refractivity contribution < 1.29 is 10.3 Å². The van der Waals surface area contributed by atoms with E-state index in [0.29, 0.717) is 5.69 Å². The summed E-state index contributed by atoms with van der Waals surface area (Å²) in [6, 6.07) is 4.56. The molecule has 0 fully saturated rings. The Labute approximate surface area is 57.9 Å². The van der Waals surface area contributed by atoms with Crippen LogP contribution in [0.15, 0.2) is 18.2 Å². The second kappa shape index (κ2) is 2.45. The van der Waals surface area contributed by atoms with Gasteiger partial charge in [0, 0.05) is 0 Å². The highest BCUT2D eigenvalue weighted by Gasteiger charge is 1.99. The summed E-state index contributed by atoms with van der Waals surface area (Å²) in [5, 5.41) is 17.4. The highest BCUT2D eigenvalue weighted by molar-refractivity contribution is 5.71. The topological polar surface area (TPSA) is 78.5 Å². The van der Waals surface area contributed by atoms with Crippen LogP contribution in [0.2, 0.25) is 0 Å². The monoisotopic (exact) mass is 140 g/mol. The first kappa shape index (κ1) is 6.70. The van der Waals surface area contributed by atoms with E-state index in [1.165, 1.54) is 6.07 Å². The fourth-order valence-corrected chi connectivity index (χ4v) is 0.651. The molecular formula is C6H8N2O2. The molecule has 0 aromatic heterocycles. The van der Waals surface area contributed by atoms with Gasteiger partial charge in [0.15, 0.2) is 0 Å². The second-order valence-corrected chi connectivity index (χ2v) is 1.85. The van der Waals surface area contributed by atoms with Gasteiger partial charge >= 0.3 is 0 Å². The Morgan fingerprint density at radius 1 is 1.40 bits per heavy atom. The number of nitrogens with two attached hydrogens (primary N) is 1. The standard InChI is InChI=1S/C6H8N2O2/c7-6-4(8-10)2-1-3-5(6)9/h1-3,8-10H,7H2. The molecule has 0 radical (unpaired) electrons. The molecule has 0 heterocycles. The molecule has 54 valence electrons. The van der Waals surface area contributed by atoms with Crippen LogP contribution in [-0.2, 0) is 0 Å². The van der Waals surface area contributed by atoms with E-state index >= 15 is 0 Å². The van der Waals surface area contributed by atoms with E-state index in [9.17, 15) is 0 Å². The summed E-state index contributed by atoms with van der Waals surface area (Å²) in [6.07, 6.45) is 0. The van der Waals surface area contributed by atoms with Gasteiger partial charge in [-0.3, -0.25) is 10.7 Å². The molecule has 4 heteroatoms. The summed E-state index contributed by atoms with van der Waals surface area (Å²) < 4.78 is 0. The number of anilines is 2. The SMILES string of the molecule is Nc1c(O)cccc1NO. The molecule has 4 nitrogen and oxygen atoms in total. The molecule has 1 rings (SSSR count). The highest BCUT2D eigenvalue weighted by Crippen LogP contribution is 2.26. The predicted molar refractivity (Wildman–Crippen MR) is 37.9 cm³/mol. The third kappa shape index (κ3) is 0.964. The van der Waals surface area contributed by atoms with Crippen molar-refractivity contribution in [3.8, 4) is 5.75 Å². The van der Waals surface area contributed by atoms with E-state index in [0.717, 1.165) is 0 Å². The Kier molecular flexibility index (Phi) is 1.64. The number of hydrogen-bond donors (Lipinski definition) is 4. The van der Waals surface area contributed by atoms with Gasteiger partial charge in [-0.15, -0.1) is 0 Å². The molecule has 0 spiro atoms. The molecular weight excluding hydrogens is 132 g/mol. The first-order valence-electron chi connectivity index (χ1n) is 2.73. The average Bonchev–Trinajstić information content (AvgIpc) is 1.95. The third-order valence-corrected chi connectivity index (χ3v) is 1.20. The molecule has 0 amide bonds. The van der Waals surface area contributed by atoms with Crippen molar-refractivity contribution in [1.82, 2.24) is 0 Å². The lowest BCUT2D eigenvalue weighted by molar-refractivity contribution is 0.388. The minimum absolute atomic E-state index is 0.0425. The van der Waals surface area contributed by atoms with Crippen molar-refractivity contribution >= 4 is 11.4 Å². The van der Waals surface area contributed by atoms with Crippen molar-refractivity contribution in [2.75, 3.05) is 11.2 Å². The molecule has 0 aliphatic heterocycles. The minimum Gasteiger partial charge on any atom is -0.506 e. The van der Waals surface area contributed by atoms with Crippen LogP contribution in [0.5, 0.6) is 5.75 Å². The number of aromatic hydroxyl groups is 1. The highest BCUT2D eigenvalue weighted by atomic mass is 16.5. The molecule has 1 aromatic rings. The largest absolute Gasteiger partial charge is 0.506 e. The smallest absolute Gasteiger partial charge is 0.140 e. The Balaban J connectivity index is 3.14. The van der Waals surface area contributed by atoms with Crippen LogP contribution >= 0.6 is 0 Å². The number of phenolic OH excluding ortho intramolecular Hbond substituents is 1. The van der Waals surface area contributed by atoms with Crippen LogP contribution in [0.25, 0.3) is 0 Å². The first-order chi connectivity index (χ1) is 4.75. The molecule has 0 bridgehead atoms. The van der Waals surface area contributed by atoms with E-state index in [1.807, 2.05) is 5.48 Å². The Morgan fingerprint density at radius 2 is 2.10 bits per heavy atom. The van der Waals surface area contributed by atoms with Crippen LogP contribution in [-0.4, -0.2) is 10.3 Å². The normalized spacial score (nSPS) is 9.30. The second-order valence-electron chi connectivity index (χ2n) is 1.85. The summed E-state index contributed by atoms with van der Waals surface area (Å²) in [4.78, 5) is 0. The Morgan fingerprint density at radius 3 is 2.60 bits per heavy atom. The molecule has 1 aromatic carbocycles. The molecule has 0 aliphatic carbocycles. The first-order valence-corrected chi connectivity index (χ1v) is 2.73. The zero-order valence-corrected chi connectivity index (χ0v) is 5.20. The number of hydrogen-bond acceptors (Lipinski definition) is 4. The molecule has 0 unspecified atom stereocenters. The molecule has 10 heavy (non-hydrogen) atoms. The maximum atomic E-state index is 8.96. The van der Waals surface area contributed by atoms with Crippen molar-refractivity contribution in [3.63, 3.8) is 0 Å². The molecule has 0 atom stereocenters. The van der Waals surface area contributed by atoms with Crippen LogP contribution in [0.3, 0.4) is 0 Å². The lowest BCUT2D eigenvalue weighted by atomic mass is 10.2. The molecule has 0 saturated carbocycles. The van der Waals surface area contributed by atoms with Gasteiger partial charge in [0.25, 0.3) is 0 Å². The van der Waals surface area contributed by atoms with E-state index in [4.69, 9.17) is 16.0 Å². The van der Waals surface area contributed by atoms with Crippen molar-refractivity contribution in [1.29, 1.82) is 0 Å². The number of benzene rings is 1.